The van der Waals surface area contributed by atoms with E-state index in [1.807, 2.05) is 11.7 Å². The van der Waals surface area contributed by atoms with Gasteiger partial charge in [0, 0.05) is 26.0 Å². The average Bonchev–Trinajstić information content (AvgIpc) is 2.98. The van der Waals surface area contributed by atoms with Gasteiger partial charge < -0.3 is 9.88 Å². The molecule has 0 aliphatic heterocycles. The molecule has 116 valence electrons. The highest BCUT2D eigenvalue weighted by Crippen LogP contribution is 2.21. The summed E-state index contributed by atoms with van der Waals surface area (Å²) >= 11 is 6.40. The van der Waals surface area contributed by atoms with Crippen LogP contribution < -0.4 is 5.32 Å². The standard InChI is InChI=1S/C16H25ClN4/c1-5-14-16(17)15(20(4)19-14)11-21-7-6-13(10-21)9-18-8-12(2)3/h6-7,10,12,18H,5,8-9,11H2,1-4H3. The predicted molar refractivity (Wildman–Crippen MR) is 87.7 cm³/mol. The Morgan fingerprint density at radius 2 is 2.14 bits per heavy atom. The number of hydrogen-bond donors (Lipinski definition) is 1. The molecule has 0 unspecified atom stereocenters. The second-order valence-electron chi connectivity index (χ2n) is 5.90. The minimum atomic E-state index is 0.674. The number of nitrogens with zero attached hydrogens (tertiary/aromatic N) is 3. The maximum Gasteiger partial charge on any atom is 0.0868 e. The summed E-state index contributed by atoms with van der Waals surface area (Å²) in [5.41, 5.74) is 3.33. The highest BCUT2D eigenvalue weighted by atomic mass is 35.5. The van der Waals surface area contributed by atoms with Crippen molar-refractivity contribution < 1.29 is 0 Å². The fourth-order valence-electron chi connectivity index (χ4n) is 2.36. The smallest absolute Gasteiger partial charge is 0.0868 e. The van der Waals surface area contributed by atoms with E-state index in [-0.39, 0.29) is 0 Å². The molecule has 0 aromatic carbocycles. The average molecular weight is 309 g/mol. The Kier molecular flexibility index (Phi) is 5.48. The molecule has 0 aliphatic rings. The van der Waals surface area contributed by atoms with E-state index in [1.54, 1.807) is 0 Å². The summed E-state index contributed by atoms with van der Waals surface area (Å²) in [6, 6.07) is 2.15. The number of rotatable bonds is 7. The third-order valence-corrected chi connectivity index (χ3v) is 3.97. The quantitative estimate of drug-likeness (QED) is 0.852. The van der Waals surface area contributed by atoms with Crippen molar-refractivity contribution in [2.24, 2.45) is 13.0 Å². The molecule has 5 heteroatoms. The van der Waals surface area contributed by atoms with Crippen LogP contribution in [0.5, 0.6) is 0 Å². The Hall–Kier alpha value is -1.26. The van der Waals surface area contributed by atoms with E-state index in [1.165, 1.54) is 5.56 Å². The predicted octanol–water partition coefficient (Wildman–Crippen LogP) is 3.23. The van der Waals surface area contributed by atoms with Gasteiger partial charge >= 0.3 is 0 Å². The van der Waals surface area contributed by atoms with Crippen molar-refractivity contribution in [3.8, 4) is 0 Å². The molecule has 0 saturated heterocycles. The Bertz CT molecular complexity index is 583. The molecule has 0 radical (unpaired) electrons. The summed E-state index contributed by atoms with van der Waals surface area (Å²) in [5, 5.41) is 8.72. The van der Waals surface area contributed by atoms with Crippen molar-refractivity contribution in [3.63, 3.8) is 0 Å². The zero-order valence-electron chi connectivity index (χ0n) is 13.4. The Balaban J connectivity index is 2.01. The fourth-order valence-corrected chi connectivity index (χ4v) is 2.72. The third kappa shape index (κ3) is 4.11. The fraction of sp³-hybridized carbons (Fsp3) is 0.562. The summed E-state index contributed by atoms with van der Waals surface area (Å²) in [7, 11) is 1.95. The minimum Gasteiger partial charge on any atom is -0.348 e. The van der Waals surface area contributed by atoms with Gasteiger partial charge in [0.1, 0.15) is 0 Å². The second-order valence-corrected chi connectivity index (χ2v) is 6.28. The van der Waals surface area contributed by atoms with Crippen molar-refractivity contribution in [1.82, 2.24) is 19.7 Å². The normalized spacial score (nSPS) is 11.5. The van der Waals surface area contributed by atoms with E-state index >= 15 is 0 Å². The van der Waals surface area contributed by atoms with Gasteiger partial charge in [-0.2, -0.15) is 5.10 Å². The molecule has 4 nitrogen and oxygen atoms in total. The number of nitrogens with one attached hydrogen (secondary N) is 1. The molecule has 2 rings (SSSR count). The molecule has 1 N–H and O–H groups in total. The molecule has 0 fully saturated rings. The molecular weight excluding hydrogens is 284 g/mol. The van der Waals surface area contributed by atoms with Crippen LogP contribution in [-0.4, -0.2) is 20.9 Å². The third-order valence-electron chi connectivity index (χ3n) is 3.53. The molecule has 21 heavy (non-hydrogen) atoms. The highest BCUT2D eigenvalue weighted by molar-refractivity contribution is 6.31. The van der Waals surface area contributed by atoms with Gasteiger partial charge in [-0.15, -0.1) is 0 Å². The van der Waals surface area contributed by atoms with Crippen LogP contribution in [0.3, 0.4) is 0 Å². The van der Waals surface area contributed by atoms with Gasteiger partial charge in [-0.25, -0.2) is 0 Å². The maximum absolute atomic E-state index is 6.40. The lowest BCUT2D eigenvalue weighted by atomic mass is 10.2. The summed E-state index contributed by atoms with van der Waals surface area (Å²) < 4.78 is 4.05. The van der Waals surface area contributed by atoms with Crippen LogP contribution >= 0.6 is 11.6 Å². The Labute approximate surface area is 132 Å². The van der Waals surface area contributed by atoms with Gasteiger partial charge in [0.2, 0.25) is 0 Å². The first-order valence-corrected chi connectivity index (χ1v) is 7.94. The summed E-state index contributed by atoms with van der Waals surface area (Å²) in [6.07, 6.45) is 5.13. The van der Waals surface area contributed by atoms with E-state index in [4.69, 9.17) is 11.6 Å². The molecule has 0 bridgehead atoms. The van der Waals surface area contributed by atoms with Crippen LogP contribution in [0.4, 0.5) is 0 Å². The monoisotopic (exact) mass is 308 g/mol. The van der Waals surface area contributed by atoms with Crippen molar-refractivity contribution in [1.29, 1.82) is 0 Å². The van der Waals surface area contributed by atoms with Gasteiger partial charge in [-0.1, -0.05) is 32.4 Å². The second kappa shape index (κ2) is 7.14. The molecule has 0 aliphatic carbocycles. The van der Waals surface area contributed by atoms with Crippen LogP contribution in [-0.2, 0) is 26.6 Å². The maximum atomic E-state index is 6.40. The van der Waals surface area contributed by atoms with Crippen LogP contribution in [0.15, 0.2) is 18.5 Å². The van der Waals surface area contributed by atoms with Crippen LogP contribution in [0.25, 0.3) is 0 Å². The number of aryl methyl sites for hydroxylation is 2. The van der Waals surface area contributed by atoms with Gasteiger partial charge in [-0.05, 0) is 30.5 Å². The number of aromatic nitrogens is 3. The minimum absolute atomic E-state index is 0.674. The summed E-state index contributed by atoms with van der Waals surface area (Å²) in [6.45, 7) is 9.21. The zero-order valence-corrected chi connectivity index (χ0v) is 14.1. The lowest BCUT2D eigenvalue weighted by Crippen LogP contribution is -2.18. The van der Waals surface area contributed by atoms with Gasteiger partial charge in [0.25, 0.3) is 0 Å². The highest BCUT2D eigenvalue weighted by Gasteiger charge is 2.13. The largest absolute Gasteiger partial charge is 0.348 e. The molecule has 0 atom stereocenters. The van der Waals surface area contributed by atoms with Crippen molar-refractivity contribution >= 4 is 11.6 Å². The molecular formula is C16H25ClN4. The van der Waals surface area contributed by atoms with E-state index in [0.29, 0.717) is 5.92 Å². The summed E-state index contributed by atoms with van der Waals surface area (Å²) in [5.74, 6) is 0.674. The first kappa shape index (κ1) is 16.1. The molecule has 2 aromatic heterocycles. The molecule has 0 saturated carbocycles. The van der Waals surface area contributed by atoms with Crippen molar-refractivity contribution in [2.45, 2.75) is 40.3 Å². The van der Waals surface area contributed by atoms with Crippen LogP contribution in [0.1, 0.15) is 37.7 Å². The van der Waals surface area contributed by atoms with Gasteiger partial charge in [0.05, 0.1) is 23.0 Å². The van der Waals surface area contributed by atoms with Gasteiger partial charge in [-0.3, -0.25) is 4.68 Å². The molecule has 0 amide bonds. The van der Waals surface area contributed by atoms with E-state index < -0.39 is 0 Å². The van der Waals surface area contributed by atoms with Crippen molar-refractivity contribution in [2.75, 3.05) is 6.54 Å². The lowest BCUT2D eigenvalue weighted by Gasteiger charge is -2.06. The number of hydrogen-bond acceptors (Lipinski definition) is 2. The topological polar surface area (TPSA) is 34.8 Å². The molecule has 2 heterocycles. The Morgan fingerprint density at radius 1 is 1.38 bits per heavy atom. The van der Waals surface area contributed by atoms with E-state index in [0.717, 1.165) is 42.5 Å². The zero-order chi connectivity index (χ0) is 15.4. The van der Waals surface area contributed by atoms with E-state index in [2.05, 4.69) is 54.2 Å². The van der Waals surface area contributed by atoms with Gasteiger partial charge in [0.15, 0.2) is 0 Å². The molecule has 0 spiro atoms. The number of halogens is 1. The first-order chi connectivity index (χ1) is 10.0. The lowest BCUT2D eigenvalue weighted by molar-refractivity contribution is 0.552. The van der Waals surface area contributed by atoms with Crippen molar-refractivity contribution in [3.05, 3.63) is 40.4 Å². The van der Waals surface area contributed by atoms with E-state index in [9.17, 15) is 0 Å². The first-order valence-electron chi connectivity index (χ1n) is 7.56. The SMILES string of the molecule is CCc1nn(C)c(Cn2ccc(CNCC(C)C)c2)c1Cl. The van der Waals surface area contributed by atoms with Crippen LogP contribution in [0, 0.1) is 5.92 Å². The Morgan fingerprint density at radius 3 is 2.76 bits per heavy atom. The summed E-state index contributed by atoms with van der Waals surface area (Å²) in [4.78, 5) is 0. The molecule has 2 aromatic rings. The van der Waals surface area contributed by atoms with Crippen LogP contribution in [0.2, 0.25) is 5.02 Å².